The monoisotopic (exact) mass is 261 g/mol. The minimum Gasteiger partial charge on any atom is -0.356 e. The molecule has 0 saturated heterocycles. The zero-order valence-corrected chi connectivity index (χ0v) is 12.2. The lowest BCUT2D eigenvalue weighted by molar-refractivity contribution is -0.121. The molecule has 19 heavy (non-hydrogen) atoms. The van der Waals surface area contributed by atoms with Crippen molar-refractivity contribution in [3.05, 3.63) is 34.9 Å². The number of Topliss-reactive ketones (excluding diaryl/α,β-unsaturated/α-hetero) is 1. The predicted octanol–water partition coefficient (Wildman–Crippen LogP) is 3.04. The van der Waals surface area contributed by atoms with E-state index in [1.54, 1.807) is 0 Å². The number of carbonyl (C=O) groups excluding carboxylic acids is 2. The van der Waals surface area contributed by atoms with E-state index in [1.807, 2.05) is 45.9 Å². The van der Waals surface area contributed by atoms with E-state index in [4.69, 9.17) is 0 Å². The first-order valence-electron chi connectivity index (χ1n) is 6.77. The summed E-state index contributed by atoms with van der Waals surface area (Å²) in [5.41, 5.74) is 2.97. The van der Waals surface area contributed by atoms with Crippen LogP contribution in [0.15, 0.2) is 18.2 Å². The molecule has 1 amide bonds. The van der Waals surface area contributed by atoms with Gasteiger partial charge in [-0.25, -0.2) is 0 Å². The van der Waals surface area contributed by atoms with Gasteiger partial charge in [0.25, 0.3) is 0 Å². The number of rotatable bonds is 6. The van der Waals surface area contributed by atoms with Gasteiger partial charge < -0.3 is 5.32 Å². The Morgan fingerprint density at radius 1 is 1.11 bits per heavy atom. The third-order valence-electron chi connectivity index (χ3n) is 3.12. The molecule has 0 aliphatic carbocycles. The van der Waals surface area contributed by atoms with Crippen LogP contribution >= 0.6 is 0 Å². The Balaban J connectivity index is 2.47. The fourth-order valence-corrected chi connectivity index (χ4v) is 1.69. The molecule has 3 heteroatoms. The first-order valence-corrected chi connectivity index (χ1v) is 6.77. The molecule has 104 valence electrons. The van der Waals surface area contributed by atoms with E-state index in [0.29, 0.717) is 18.0 Å². The minimum absolute atomic E-state index is 0.0304. The Morgan fingerprint density at radius 2 is 1.79 bits per heavy atom. The van der Waals surface area contributed by atoms with Crippen LogP contribution in [0.25, 0.3) is 0 Å². The fourth-order valence-electron chi connectivity index (χ4n) is 1.69. The van der Waals surface area contributed by atoms with Crippen molar-refractivity contribution >= 4 is 11.7 Å². The van der Waals surface area contributed by atoms with E-state index in [2.05, 4.69) is 5.32 Å². The number of carbonyl (C=O) groups is 2. The van der Waals surface area contributed by atoms with Crippen molar-refractivity contribution in [3.63, 3.8) is 0 Å². The van der Waals surface area contributed by atoms with Gasteiger partial charge in [-0.2, -0.15) is 0 Å². The van der Waals surface area contributed by atoms with E-state index >= 15 is 0 Å². The van der Waals surface area contributed by atoms with Crippen LogP contribution in [-0.2, 0) is 4.79 Å². The van der Waals surface area contributed by atoms with Crippen LogP contribution in [-0.4, -0.2) is 18.2 Å². The molecule has 1 aromatic rings. The number of nitrogens with one attached hydrogen (secondary N) is 1. The minimum atomic E-state index is -0.0501. The van der Waals surface area contributed by atoms with Gasteiger partial charge in [0.05, 0.1) is 0 Å². The first-order chi connectivity index (χ1) is 8.90. The number of benzene rings is 1. The van der Waals surface area contributed by atoms with Crippen molar-refractivity contribution in [2.24, 2.45) is 5.92 Å². The van der Waals surface area contributed by atoms with Crippen LogP contribution in [0.5, 0.6) is 0 Å². The fraction of sp³-hybridized carbons (Fsp3) is 0.500. The van der Waals surface area contributed by atoms with E-state index in [9.17, 15) is 9.59 Å². The van der Waals surface area contributed by atoms with Crippen LogP contribution in [0, 0.1) is 19.8 Å². The number of hydrogen-bond acceptors (Lipinski definition) is 2. The largest absolute Gasteiger partial charge is 0.356 e. The summed E-state index contributed by atoms with van der Waals surface area (Å²) in [6, 6.07) is 5.67. The average Bonchev–Trinajstić information content (AvgIpc) is 2.36. The van der Waals surface area contributed by atoms with Crippen LogP contribution in [0.4, 0.5) is 0 Å². The number of hydrogen-bond donors (Lipinski definition) is 1. The summed E-state index contributed by atoms with van der Waals surface area (Å²) in [6.45, 7) is 8.75. The first kappa shape index (κ1) is 15.4. The normalized spacial score (nSPS) is 10.6. The molecule has 0 aliphatic heterocycles. The lowest BCUT2D eigenvalue weighted by atomic mass is 10.0. The molecule has 0 aromatic heterocycles. The molecule has 0 saturated carbocycles. The van der Waals surface area contributed by atoms with Gasteiger partial charge in [-0.05, 0) is 37.0 Å². The smallest absolute Gasteiger partial charge is 0.220 e. The van der Waals surface area contributed by atoms with Crippen molar-refractivity contribution in [1.82, 2.24) is 5.32 Å². The summed E-state index contributed by atoms with van der Waals surface area (Å²) < 4.78 is 0. The van der Waals surface area contributed by atoms with Gasteiger partial charge in [0.2, 0.25) is 5.91 Å². The van der Waals surface area contributed by atoms with Crippen LogP contribution in [0.3, 0.4) is 0 Å². The molecule has 1 aromatic carbocycles. The second kappa shape index (κ2) is 7.07. The maximum atomic E-state index is 12.0. The molecular formula is C16H23NO2. The Bertz CT molecular complexity index is 464. The molecule has 0 unspecified atom stereocenters. The highest BCUT2D eigenvalue weighted by Crippen LogP contribution is 2.12. The highest BCUT2D eigenvalue weighted by atomic mass is 16.2. The topological polar surface area (TPSA) is 46.2 Å². The van der Waals surface area contributed by atoms with Crippen LogP contribution in [0.2, 0.25) is 0 Å². The number of aryl methyl sites for hydroxylation is 2. The molecule has 0 bridgehead atoms. The quantitative estimate of drug-likeness (QED) is 0.800. The maximum absolute atomic E-state index is 12.0. The zero-order valence-electron chi connectivity index (χ0n) is 12.2. The van der Waals surface area contributed by atoms with E-state index < -0.39 is 0 Å². The molecular weight excluding hydrogens is 238 g/mol. The van der Waals surface area contributed by atoms with Crippen LogP contribution < -0.4 is 5.32 Å². The molecule has 0 atom stereocenters. The molecule has 0 fully saturated rings. The molecule has 0 spiro atoms. The second-order valence-corrected chi connectivity index (χ2v) is 5.42. The van der Waals surface area contributed by atoms with Gasteiger partial charge in [-0.3, -0.25) is 9.59 Å². The summed E-state index contributed by atoms with van der Waals surface area (Å²) >= 11 is 0. The van der Waals surface area contributed by atoms with E-state index in [0.717, 1.165) is 5.56 Å². The van der Waals surface area contributed by atoms with Crippen molar-refractivity contribution in [2.75, 3.05) is 6.54 Å². The number of ketones is 1. The summed E-state index contributed by atoms with van der Waals surface area (Å²) in [4.78, 5) is 23.5. The average molecular weight is 261 g/mol. The van der Waals surface area contributed by atoms with Crippen molar-refractivity contribution in [2.45, 2.75) is 40.5 Å². The van der Waals surface area contributed by atoms with Gasteiger partial charge in [0.15, 0.2) is 5.78 Å². The SMILES string of the molecule is Cc1ccc(C(=O)CCC(=O)NCC(C)C)cc1C. The van der Waals surface area contributed by atoms with Crippen LogP contribution in [0.1, 0.15) is 48.2 Å². The van der Waals surface area contributed by atoms with E-state index in [1.165, 1.54) is 5.56 Å². The van der Waals surface area contributed by atoms with Crippen molar-refractivity contribution in [1.29, 1.82) is 0 Å². The molecule has 0 radical (unpaired) electrons. The highest BCUT2D eigenvalue weighted by molar-refractivity contribution is 5.98. The Morgan fingerprint density at radius 3 is 2.37 bits per heavy atom. The van der Waals surface area contributed by atoms with Gasteiger partial charge in [-0.15, -0.1) is 0 Å². The predicted molar refractivity (Wildman–Crippen MR) is 77.3 cm³/mol. The third-order valence-corrected chi connectivity index (χ3v) is 3.12. The standard InChI is InChI=1S/C16H23NO2/c1-11(2)10-17-16(19)8-7-15(18)14-6-5-12(3)13(4)9-14/h5-6,9,11H,7-8,10H2,1-4H3,(H,17,19). The second-order valence-electron chi connectivity index (χ2n) is 5.42. The number of amides is 1. The molecule has 0 heterocycles. The summed E-state index contributed by atoms with van der Waals surface area (Å²) in [7, 11) is 0. The van der Waals surface area contributed by atoms with Gasteiger partial charge >= 0.3 is 0 Å². The Hall–Kier alpha value is -1.64. The Kier molecular flexibility index (Phi) is 5.74. The van der Waals surface area contributed by atoms with Gasteiger partial charge in [-0.1, -0.05) is 26.0 Å². The maximum Gasteiger partial charge on any atom is 0.220 e. The summed E-state index contributed by atoms with van der Waals surface area (Å²) in [6.07, 6.45) is 0.533. The lowest BCUT2D eigenvalue weighted by Crippen LogP contribution is -2.27. The third kappa shape index (κ3) is 5.25. The zero-order chi connectivity index (χ0) is 14.4. The van der Waals surface area contributed by atoms with Gasteiger partial charge in [0, 0.05) is 24.9 Å². The molecule has 1 rings (SSSR count). The summed E-state index contributed by atoms with van der Waals surface area (Å²) in [5.74, 6) is 0.410. The molecule has 0 aliphatic rings. The lowest BCUT2D eigenvalue weighted by Gasteiger charge is -2.07. The molecule has 3 nitrogen and oxygen atoms in total. The van der Waals surface area contributed by atoms with Crippen molar-refractivity contribution < 1.29 is 9.59 Å². The Labute approximate surface area is 115 Å². The van der Waals surface area contributed by atoms with E-state index in [-0.39, 0.29) is 24.5 Å². The summed E-state index contributed by atoms with van der Waals surface area (Å²) in [5, 5.41) is 2.82. The van der Waals surface area contributed by atoms with Crippen molar-refractivity contribution in [3.8, 4) is 0 Å². The highest BCUT2D eigenvalue weighted by Gasteiger charge is 2.10. The van der Waals surface area contributed by atoms with Gasteiger partial charge in [0.1, 0.15) is 0 Å². The molecule has 1 N–H and O–H groups in total.